The Hall–Kier alpha value is -2.84. The summed E-state index contributed by atoms with van der Waals surface area (Å²) in [5.41, 5.74) is 2.77. The quantitative estimate of drug-likeness (QED) is 0.518. The molecule has 0 saturated carbocycles. The van der Waals surface area contributed by atoms with Crippen molar-refractivity contribution in [3.63, 3.8) is 0 Å². The Labute approximate surface area is 180 Å². The van der Waals surface area contributed by atoms with Crippen molar-refractivity contribution in [2.45, 2.75) is 19.9 Å². The zero-order valence-electron chi connectivity index (χ0n) is 16.9. The number of hydrazone groups is 1. The number of hydrogen-bond donors (Lipinski definition) is 2. The van der Waals surface area contributed by atoms with E-state index in [-0.39, 0.29) is 5.92 Å². The van der Waals surface area contributed by atoms with E-state index in [1.165, 1.54) is 6.21 Å². The van der Waals surface area contributed by atoms with Gasteiger partial charge in [-0.2, -0.15) is 5.10 Å². The third kappa shape index (κ3) is 5.61. The van der Waals surface area contributed by atoms with Crippen LogP contribution in [-0.2, 0) is 9.53 Å². The first kappa shape index (κ1) is 21.9. The summed E-state index contributed by atoms with van der Waals surface area (Å²) in [7, 11) is 0. The highest BCUT2D eigenvalue weighted by atomic mass is 35.5. The van der Waals surface area contributed by atoms with Gasteiger partial charge in [-0.15, -0.1) is 0 Å². The molecule has 0 aliphatic carbocycles. The molecule has 1 unspecified atom stereocenters. The number of rotatable bonds is 7. The van der Waals surface area contributed by atoms with E-state index in [1.807, 2.05) is 19.9 Å². The molecule has 2 heterocycles. The molecule has 2 amide bonds. The highest BCUT2D eigenvalue weighted by Crippen LogP contribution is 2.18. The standard InChI is InChI=1S/C21H25ClN4O4/c1-14(2)19(24-20(27)16-5-3-4-6-17(16)22)21(28)25-23-13-15-7-8-18(30-15)26-9-11-29-12-10-26/h3-8,13-14,19H,9-12H2,1-2H3,(H,24,27)(H,25,28). The second-order valence-corrected chi connectivity index (χ2v) is 7.59. The lowest BCUT2D eigenvalue weighted by Crippen LogP contribution is -2.48. The maximum Gasteiger partial charge on any atom is 0.262 e. The highest BCUT2D eigenvalue weighted by molar-refractivity contribution is 6.33. The number of anilines is 1. The van der Waals surface area contributed by atoms with Gasteiger partial charge in [0.15, 0.2) is 5.88 Å². The predicted octanol–water partition coefficient (Wildman–Crippen LogP) is 2.67. The van der Waals surface area contributed by atoms with E-state index in [9.17, 15) is 9.59 Å². The average Bonchev–Trinajstić information content (AvgIpc) is 3.21. The van der Waals surface area contributed by atoms with Crippen molar-refractivity contribution in [3.05, 3.63) is 52.7 Å². The van der Waals surface area contributed by atoms with Gasteiger partial charge in [-0.25, -0.2) is 5.43 Å². The van der Waals surface area contributed by atoms with E-state index in [0.29, 0.717) is 29.6 Å². The summed E-state index contributed by atoms with van der Waals surface area (Å²) in [5, 5.41) is 7.00. The van der Waals surface area contributed by atoms with Crippen LogP contribution >= 0.6 is 11.6 Å². The molecular weight excluding hydrogens is 408 g/mol. The molecule has 0 bridgehead atoms. The van der Waals surface area contributed by atoms with Crippen LogP contribution in [0, 0.1) is 5.92 Å². The van der Waals surface area contributed by atoms with Crippen molar-refractivity contribution in [2.75, 3.05) is 31.2 Å². The second-order valence-electron chi connectivity index (χ2n) is 7.18. The minimum atomic E-state index is -0.772. The molecule has 160 valence electrons. The Morgan fingerprint density at radius 3 is 2.60 bits per heavy atom. The van der Waals surface area contributed by atoms with Crippen molar-refractivity contribution in [3.8, 4) is 0 Å². The molecular formula is C21H25ClN4O4. The lowest BCUT2D eigenvalue weighted by Gasteiger charge is -2.26. The first-order valence-corrected chi connectivity index (χ1v) is 10.1. The Bertz CT molecular complexity index is 906. The van der Waals surface area contributed by atoms with Crippen molar-refractivity contribution in [1.29, 1.82) is 0 Å². The summed E-state index contributed by atoms with van der Waals surface area (Å²) < 4.78 is 11.1. The van der Waals surface area contributed by atoms with E-state index in [2.05, 4.69) is 20.7 Å². The third-order valence-corrected chi connectivity index (χ3v) is 4.99. The van der Waals surface area contributed by atoms with Gasteiger partial charge in [0.25, 0.3) is 11.8 Å². The molecule has 0 spiro atoms. The first-order chi connectivity index (χ1) is 14.5. The molecule has 30 heavy (non-hydrogen) atoms. The molecule has 1 aliphatic rings. The number of ether oxygens (including phenoxy) is 1. The van der Waals surface area contributed by atoms with Crippen molar-refractivity contribution in [2.24, 2.45) is 11.0 Å². The van der Waals surface area contributed by atoms with Gasteiger partial charge in [-0.1, -0.05) is 37.6 Å². The smallest absolute Gasteiger partial charge is 0.262 e. The maximum atomic E-state index is 12.6. The second kappa shape index (κ2) is 10.3. The topological polar surface area (TPSA) is 96.2 Å². The fourth-order valence-corrected chi connectivity index (χ4v) is 3.22. The van der Waals surface area contributed by atoms with Crippen LogP contribution < -0.4 is 15.6 Å². The molecule has 9 heteroatoms. The van der Waals surface area contributed by atoms with Gasteiger partial charge >= 0.3 is 0 Å². The van der Waals surface area contributed by atoms with Crippen LogP contribution in [0.3, 0.4) is 0 Å². The monoisotopic (exact) mass is 432 g/mol. The lowest BCUT2D eigenvalue weighted by atomic mass is 10.0. The number of amides is 2. The number of halogens is 1. The van der Waals surface area contributed by atoms with E-state index in [0.717, 1.165) is 19.0 Å². The lowest BCUT2D eigenvalue weighted by molar-refractivity contribution is -0.123. The number of morpholine rings is 1. The molecule has 3 rings (SSSR count). The highest BCUT2D eigenvalue weighted by Gasteiger charge is 2.25. The Morgan fingerprint density at radius 2 is 1.90 bits per heavy atom. The molecule has 2 aromatic rings. The van der Waals surface area contributed by atoms with Crippen LogP contribution in [0.1, 0.15) is 30.0 Å². The predicted molar refractivity (Wildman–Crippen MR) is 115 cm³/mol. The van der Waals surface area contributed by atoms with Gasteiger partial charge in [0.2, 0.25) is 0 Å². The van der Waals surface area contributed by atoms with Crippen LogP contribution in [0.2, 0.25) is 5.02 Å². The number of nitrogens with one attached hydrogen (secondary N) is 2. The van der Waals surface area contributed by atoms with E-state index < -0.39 is 17.9 Å². The van der Waals surface area contributed by atoms with Gasteiger partial charge < -0.3 is 19.4 Å². The van der Waals surface area contributed by atoms with Crippen molar-refractivity contribution in [1.82, 2.24) is 10.7 Å². The molecule has 1 aromatic carbocycles. The maximum absolute atomic E-state index is 12.6. The molecule has 1 atom stereocenters. The first-order valence-electron chi connectivity index (χ1n) is 9.76. The van der Waals surface area contributed by atoms with Crippen molar-refractivity contribution >= 4 is 35.5 Å². The van der Waals surface area contributed by atoms with Gasteiger partial charge in [-0.3, -0.25) is 9.59 Å². The summed E-state index contributed by atoms with van der Waals surface area (Å²) in [6, 6.07) is 9.54. The number of benzene rings is 1. The summed E-state index contributed by atoms with van der Waals surface area (Å²) in [5.74, 6) is 0.250. The normalized spacial score (nSPS) is 15.4. The van der Waals surface area contributed by atoms with Crippen LogP contribution in [-0.4, -0.2) is 50.4 Å². The Kier molecular flexibility index (Phi) is 7.48. The largest absolute Gasteiger partial charge is 0.440 e. The number of nitrogens with zero attached hydrogens (tertiary/aromatic N) is 2. The van der Waals surface area contributed by atoms with Gasteiger partial charge in [0.1, 0.15) is 11.8 Å². The molecule has 1 saturated heterocycles. The molecule has 1 aromatic heterocycles. The summed E-state index contributed by atoms with van der Waals surface area (Å²) in [6.45, 7) is 6.53. The molecule has 8 nitrogen and oxygen atoms in total. The SMILES string of the molecule is CC(C)C(NC(=O)c1ccccc1Cl)C(=O)NN=Cc1ccc(N2CCOCC2)o1. The Morgan fingerprint density at radius 1 is 1.17 bits per heavy atom. The fraction of sp³-hybridized carbons (Fsp3) is 0.381. The molecule has 1 fully saturated rings. The Balaban J connectivity index is 1.58. The van der Waals surface area contributed by atoms with E-state index in [1.54, 1.807) is 30.3 Å². The number of hydrogen-bond acceptors (Lipinski definition) is 6. The minimum absolute atomic E-state index is 0.150. The third-order valence-electron chi connectivity index (χ3n) is 4.66. The zero-order chi connectivity index (χ0) is 21.5. The van der Waals surface area contributed by atoms with Crippen molar-refractivity contribution < 1.29 is 18.7 Å². The zero-order valence-corrected chi connectivity index (χ0v) is 17.7. The summed E-state index contributed by atoms with van der Waals surface area (Å²) in [4.78, 5) is 27.1. The molecule has 2 N–H and O–H groups in total. The molecule has 1 aliphatic heterocycles. The van der Waals surface area contributed by atoms with Crippen LogP contribution in [0.5, 0.6) is 0 Å². The van der Waals surface area contributed by atoms with Crippen LogP contribution in [0.25, 0.3) is 0 Å². The van der Waals surface area contributed by atoms with Crippen LogP contribution in [0.15, 0.2) is 45.9 Å². The summed E-state index contributed by atoms with van der Waals surface area (Å²) >= 11 is 6.07. The van der Waals surface area contributed by atoms with E-state index >= 15 is 0 Å². The minimum Gasteiger partial charge on any atom is -0.440 e. The molecule has 0 radical (unpaired) electrons. The number of carbonyl (C=O) groups excluding carboxylic acids is 2. The number of carbonyl (C=O) groups is 2. The van der Waals surface area contributed by atoms with E-state index in [4.69, 9.17) is 20.8 Å². The fourth-order valence-electron chi connectivity index (χ4n) is 2.99. The van der Waals surface area contributed by atoms with Gasteiger partial charge in [0.05, 0.1) is 30.0 Å². The number of furan rings is 1. The van der Waals surface area contributed by atoms with Crippen LogP contribution in [0.4, 0.5) is 5.88 Å². The summed E-state index contributed by atoms with van der Waals surface area (Å²) in [6.07, 6.45) is 1.43. The average molecular weight is 433 g/mol. The van der Waals surface area contributed by atoms with Gasteiger partial charge in [-0.05, 0) is 24.1 Å². The van der Waals surface area contributed by atoms with Gasteiger partial charge in [0, 0.05) is 19.2 Å².